The molecule has 0 aromatic heterocycles. The van der Waals surface area contributed by atoms with Crippen molar-refractivity contribution >= 4 is 43.5 Å². The first-order valence-corrected chi connectivity index (χ1v) is 11.6. The van der Waals surface area contributed by atoms with Crippen molar-refractivity contribution in [1.82, 2.24) is 9.62 Å². The van der Waals surface area contributed by atoms with Crippen LogP contribution in [-0.2, 0) is 21.4 Å². The maximum atomic E-state index is 13.1. The predicted octanol–water partition coefficient (Wildman–Crippen LogP) is 4.46. The van der Waals surface area contributed by atoms with E-state index in [0.717, 1.165) is 16.5 Å². The van der Waals surface area contributed by atoms with Crippen LogP contribution in [0.2, 0.25) is 5.02 Å². The van der Waals surface area contributed by atoms with Crippen LogP contribution in [0.25, 0.3) is 0 Å². The number of rotatable bonds is 9. The summed E-state index contributed by atoms with van der Waals surface area (Å²) in [5.74, 6) is 0.132. The highest BCUT2D eigenvalue weighted by atomic mass is 79.9. The molecule has 0 heterocycles. The number of nitrogens with zero attached hydrogens (tertiary/aromatic N) is 1. The molecule has 2 rings (SSSR count). The minimum Gasteiger partial charge on any atom is -0.355 e. The maximum absolute atomic E-state index is 13.1. The van der Waals surface area contributed by atoms with Gasteiger partial charge in [0.2, 0.25) is 15.9 Å². The highest BCUT2D eigenvalue weighted by molar-refractivity contribution is 9.10. The van der Waals surface area contributed by atoms with E-state index in [1.54, 1.807) is 0 Å². The molecular weight excluding hydrogens is 464 g/mol. The van der Waals surface area contributed by atoms with E-state index < -0.39 is 10.0 Å². The first-order valence-electron chi connectivity index (χ1n) is 8.95. The van der Waals surface area contributed by atoms with Crippen LogP contribution < -0.4 is 5.32 Å². The van der Waals surface area contributed by atoms with Crippen molar-refractivity contribution in [3.8, 4) is 0 Å². The van der Waals surface area contributed by atoms with Gasteiger partial charge in [-0.25, -0.2) is 8.42 Å². The molecule has 28 heavy (non-hydrogen) atoms. The average Bonchev–Trinajstić information content (AvgIpc) is 2.63. The van der Waals surface area contributed by atoms with Crippen LogP contribution in [0.5, 0.6) is 0 Å². The molecule has 0 bridgehead atoms. The topological polar surface area (TPSA) is 66.5 Å². The summed E-state index contributed by atoms with van der Waals surface area (Å²) in [5.41, 5.74) is 0.788. The Labute approximate surface area is 180 Å². The summed E-state index contributed by atoms with van der Waals surface area (Å²) in [6.07, 6.45) is 0.836. The molecule has 2 aromatic carbocycles. The molecule has 8 heteroatoms. The Balaban J connectivity index is 2.23. The Morgan fingerprint density at radius 3 is 2.29 bits per heavy atom. The van der Waals surface area contributed by atoms with Gasteiger partial charge >= 0.3 is 0 Å². The van der Waals surface area contributed by atoms with Gasteiger partial charge in [-0.2, -0.15) is 4.31 Å². The maximum Gasteiger partial charge on any atom is 0.243 e. The summed E-state index contributed by atoms with van der Waals surface area (Å²) < 4.78 is 28.3. The van der Waals surface area contributed by atoms with Gasteiger partial charge in [-0.3, -0.25) is 4.79 Å². The molecule has 5 nitrogen and oxygen atoms in total. The second kappa shape index (κ2) is 10.4. The second-order valence-corrected chi connectivity index (χ2v) is 10.2. The molecule has 0 saturated carbocycles. The van der Waals surface area contributed by atoms with Crippen LogP contribution >= 0.6 is 27.5 Å². The highest BCUT2D eigenvalue weighted by Crippen LogP contribution is 2.21. The van der Waals surface area contributed by atoms with Gasteiger partial charge in [0.25, 0.3) is 0 Å². The van der Waals surface area contributed by atoms with E-state index in [2.05, 4.69) is 35.1 Å². The van der Waals surface area contributed by atoms with Gasteiger partial charge in [0.1, 0.15) is 0 Å². The minimum absolute atomic E-state index is 0.0931. The van der Waals surface area contributed by atoms with Gasteiger partial charge in [-0.15, -0.1) is 0 Å². The molecule has 0 unspecified atom stereocenters. The van der Waals surface area contributed by atoms with Crippen LogP contribution in [0.1, 0.15) is 25.8 Å². The van der Waals surface area contributed by atoms with Crippen molar-refractivity contribution in [3.05, 3.63) is 63.6 Å². The van der Waals surface area contributed by atoms with E-state index in [4.69, 9.17) is 11.6 Å². The Bertz CT molecular complexity index is 885. The van der Waals surface area contributed by atoms with Crippen molar-refractivity contribution in [2.75, 3.05) is 13.1 Å². The third-order valence-electron chi connectivity index (χ3n) is 4.09. The fourth-order valence-corrected chi connectivity index (χ4v) is 4.27. The number of hydrogen-bond donors (Lipinski definition) is 1. The standard InChI is InChI=1S/C20H24BrClN2O3S/c1-15(2)11-12-23-20(25)14-24(13-16-3-5-17(21)6-4-16)28(26,27)19-9-7-18(22)8-10-19/h3-10,15H,11-14H2,1-2H3,(H,23,25). The molecule has 0 aliphatic carbocycles. The Morgan fingerprint density at radius 2 is 1.71 bits per heavy atom. The number of amides is 1. The largest absolute Gasteiger partial charge is 0.355 e. The number of benzene rings is 2. The molecule has 0 spiro atoms. The lowest BCUT2D eigenvalue weighted by Gasteiger charge is -2.22. The van der Waals surface area contributed by atoms with Gasteiger partial charge < -0.3 is 5.32 Å². The van der Waals surface area contributed by atoms with Gasteiger partial charge in [-0.1, -0.05) is 53.5 Å². The molecule has 2 aromatic rings. The van der Waals surface area contributed by atoms with Gasteiger partial charge in [0.05, 0.1) is 11.4 Å². The van der Waals surface area contributed by atoms with E-state index in [0.29, 0.717) is 17.5 Å². The van der Waals surface area contributed by atoms with Crippen LogP contribution in [0.3, 0.4) is 0 Å². The van der Waals surface area contributed by atoms with Crippen LogP contribution in [0.4, 0.5) is 0 Å². The summed E-state index contributed by atoms with van der Waals surface area (Å²) >= 11 is 9.24. The molecule has 1 amide bonds. The molecule has 1 N–H and O–H groups in total. The fourth-order valence-electron chi connectivity index (χ4n) is 2.49. The van der Waals surface area contributed by atoms with Crippen molar-refractivity contribution < 1.29 is 13.2 Å². The zero-order valence-corrected chi connectivity index (χ0v) is 19.0. The number of hydrogen-bond acceptors (Lipinski definition) is 3. The van der Waals surface area contributed by atoms with E-state index in [1.165, 1.54) is 28.6 Å². The average molecular weight is 488 g/mol. The van der Waals surface area contributed by atoms with Crippen molar-refractivity contribution in [1.29, 1.82) is 0 Å². The molecule has 0 fully saturated rings. The van der Waals surface area contributed by atoms with Gasteiger partial charge in [-0.05, 0) is 54.3 Å². The number of halogens is 2. The van der Waals surface area contributed by atoms with Crippen LogP contribution in [0, 0.1) is 5.92 Å². The Hall–Kier alpha value is -1.41. The van der Waals surface area contributed by atoms with E-state index in [-0.39, 0.29) is 23.9 Å². The predicted molar refractivity (Wildman–Crippen MR) is 116 cm³/mol. The quantitative estimate of drug-likeness (QED) is 0.568. The summed E-state index contributed by atoms with van der Waals surface area (Å²) in [5, 5.41) is 3.25. The number of nitrogens with one attached hydrogen (secondary N) is 1. The SMILES string of the molecule is CC(C)CCNC(=O)CN(Cc1ccc(Br)cc1)S(=O)(=O)c1ccc(Cl)cc1. The highest BCUT2D eigenvalue weighted by Gasteiger charge is 2.27. The minimum atomic E-state index is -3.86. The molecule has 0 aliphatic rings. The summed E-state index contributed by atoms with van der Waals surface area (Å²) in [6, 6.07) is 13.3. The zero-order valence-electron chi connectivity index (χ0n) is 15.9. The third-order valence-corrected chi connectivity index (χ3v) is 6.67. The Kier molecular flexibility index (Phi) is 8.49. The first kappa shape index (κ1) is 22.9. The Morgan fingerprint density at radius 1 is 1.11 bits per heavy atom. The number of carbonyl (C=O) groups excluding carboxylic acids is 1. The van der Waals surface area contributed by atoms with Gasteiger partial charge in [0, 0.05) is 22.6 Å². The lowest BCUT2D eigenvalue weighted by Crippen LogP contribution is -2.40. The van der Waals surface area contributed by atoms with Crippen LogP contribution in [0.15, 0.2) is 57.9 Å². The first-order chi connectivity index (χ1) is 13.2. The van der Waals surface area contributed by atoms with Crippen molar-refractivity contribution in [2.45, 2.75) is 31.7 Å². The zero-order chi connectivity index (χ0) is 20.7. The van der Waals surface area contributed by atoms with E-state index >= 15 is 0 Å². The third kappa shape index (κ3) is 6.88. The van der Waals surface area contributed by atoms with Crippen molar-refractivity contribution in [3.63, 3.8) is 0 Å². The van der Waals surface area contributed by atoms with E-state index in [1.807, 2.05) is 24.3 Å². The fraction of sp³-hybridized carbons (Fsp3) is 0.350. The summed E-state index contributed by atoms with van der Waals surface area (Å²) in [7, 11) is -3.86. The monoisotopic (exact) mass is 486 g/mol. The van der Waals surface area contributed by atoms with Crippen molar-refractivity contribution in [2.24, 2.45) is 5.92 Å². The molecule has 0 saturated heterocycles. The van der Waals surface area contributed by atoms with E-state index in [9.17, 15) is 13.2 Å². The number of sulfonamides is 1. The summed E-state index contributed by atoms with van der Waals surface area (Å²) in [4.78, 5) is 12.5. The molecule has 0 atom stereocenters. The molecule has 0 radical (unpaired) electrons. The smallest absolute Gasteiger partial charge is 0.243 e. The van der Waals surface area contributed by atoms with Crippen LogP contribution in [-0.4, -0.2) is 31.7 Å². The lowest BCUT2D eigenvalue weighted by atomic mass is 10.1. The second-order valence-electron chi connectivity index (χ2n) is 6.89. The lowest BCUT2D eigenvalue weighted by molar-refractivity contribution is -0.121. The normalized spacial score (nSPS) is 11.8. The number of carbonyl (C=O) groups is 1. The molecule has 152 valence electrons. The van der Waals surface area contributed by atoms with Gasteiger partial charge in [0.15, 0.2) is 0 Å². The molecule has 0 aliphatic heterocycles. The molecular formula is C20H24BrClN2O3S. The summed E-state index contributed by atoms with van der Waals surface area (Å²) in [6.45, 7) is 4.49.